The SMILES string of the molecule is C=CC=C(C=CC#N)C=Cc1ccccc1.N[C@@H](CO)C(=O)O. The van der Waals surface area contributed by atoms with Gasteiger partial charge in [0.05, 0.1) is 12.7 Å². The summed E-state index contributed by atoms with van der Waals surface area (Å²) in [6, 6.07) is 10.8. The number of rotatable bonds is 6. The number of carboxylic acids is 1. The summed E-state index contributed by atoms with van der Waals surface area (Å²) in [6.07, 6.45) is 10.7. The van der Waals surface area contributed by atoms with E-state index in [1.165, 1.54) is 6.08 Å². The van der Waals surface area contributed by atoms with Gasteiger partial charge < -0.3 is 15.9 Å². The third kappa shape index (κ3) is 10.4. The van der Waals surface area contributed by atoms with Gasteiger partial charge >= 0.3 is 5.97 Å². The van der Waals surface area contributed by atoms with Crippen molar-refractivity contribution in [2.24, 2.45) is 5.73 Å². The Hall–Kier alpha value is -2.94. The number of carboxylic acid groups (broad SMARTS) is 1. The molecule has 0 spiro atoms. The first-order valence-electron chi connectivity index (χ1n) is 6.76. The highest BCUT2D eigenvalue weighted by molar-refractivity contribution is 5.73. The number of hydrogen-bond acceptors (Lipinski definition) is 4. The molecule has 0 aliphatic carbocycles. The standard InChI is InChI=1S/C15H13N.C3H7NO3/c1-2-7-14(10-6-13-16)11-12-15-8-4-3-5-9-15;4-2(1-5)3(6)7/h2-12H,1H2;2,5H,1,4H2,(H,6,7)/t;2-/m.0/s1. The number of hydrogen-bond donors (Lipinski definition) is 3. The molecule has 0 amide bonds. The number of allylic oxidation sites excluding steroid dienone is 6. The Morgan fingerprint density at radius 2 is 2.00 bits per heavy atom. The van der Waals surface area contributed by atoms with Gasteiger partial charge in [-0.25, -0.2) is 0 Å². The van der Waals surface area contributed by atoms with Crippen molar-refractivity contribution in [3.63, 3.8) is 0 Å². The van der Waals surface area contributed by atoms with Crippen LogP contribution in [0.4, 0.5) is 0 Å². The predicted molar refractivity (Wildman–Crippen MR) is 91.2 cm³/mol. The van der Waals surface area contributed by atoms with Crippen LogP contribution < -0.4 is 5.73 Å². The maximum Gasteiger partial charge on any atom is 0.322 e. The van der Waals surface area contributed by atoms with E-state index < -0.39 is 18.6 Å². The summed E-state index contributed by atoms with van der Waals surface area (Å²) in [5, 5.41) is 24.4. The average molecular weight is 312 g/mol. The first-order valence-corrected chi connectivity index (χ1v) is 6.76. The van der Waals surface area contributed by atoms with Crippen LogP contribution in [0.25, 0.3) is 6.08 Å². The third-order valence-corrected chi connectivity index (χ3v) is 2.44. The highest BCUT2D eigenvalue weighted by Crippen LogP contribution is 2.06. The summed E-state index contributed by atoms with van der Waals surface area (Å²) in [5.74, 6) is -1.18. The number of aliphatic carboxylic acids is 1. The van der Waals surface area contributed by atoms with Crippen LogP contribution in [0.1, 0.15) is 5.56 Å². The number of nitrogens with two attached hydrogens (primary N) is 1. The fourth-order valence-electron chi connectivity index (χ4n) is 1.27. The van der Waals surface area contributed by atoms with Gasteiger partial charge in [0.1, 0.15) is 6.04 Å². The molecule has 1 aromatic carbocycles. The van der Waals surface area contributed by atoms with E-state index in [-0.39, 0.29) is 0 Å². The Kier molecular flexibility index (Phi) is 11.1. The molecular weight excluding hydrogens is 292 g/mol. The summed E-state index contributed by atoms with van der Waals surface area (Å²) < 4.78 is 0. The molecule has 0 heterocycles. The minimum Gasteiger partial charge on any atom is -0.480 e. The minimum atomic E-state index is -1.18. The van der Waals surface area contributed by atoms with Crippen molar-refractivity contribution in [1.82, 2.24) is 0 Å². The lowest BCUT2D eigenvalue weighted by atomic mass is 10.1. The van der Waals surface area contributed by atoms with E-state index in [2.05, 4.69) is 6.58 Å². The summed E-state index contributed by atoms with van der Waals surface area (Å²) >= 11 is 0. The van der Waals surface area contributed by atoms with Crippen molar-refractivity contribution in [3.8, 4) is 6.07 Å². The average Bonchev–Trinajstić information content (AvgIpc) is 2.58. The molecule has 0 aliphatic heterocycles. The zero-order valence-corrected chi connectivity index (χ0v) is 12.7. The number of nitriles is 1. The van der Waals surface area contributed by atoms with Gasteiger partial charge in [-0.1, -0.05) is 61.2 Å². The van der Waals surface area contributed by atoms with Crippen LogP contribution in [0, 0.1) is 11.3 Å². The largest absolute Gasteiger partial charge is 0.480 e. The molecule has 0 saturated heterocycles. The van der Waals surface area contributed by atoms with Crippen molar-refractivity contribution in [3.05, 3.63) is 78.4 Å². The van der Waals surface area contributed by atoms with Crippen LogP contribution in [0.2, 0.25) is 0 Å². The van der Waals surface area contributed by atoms with Gasteiger partial charge in [0, 0.05) is 6.08 Å². The zero-order chi connectivity index (χ0) is 17.5. The van der Waals surface area contributed by atoms with Crippen LogP contribution in [-0.2, 0) is 4.79 Å². The molecular formula is C18H20N2O3. The summed E-state index contributed by atoms with van der Waals surface area (Å²) in [5.41, 5.74) is 6.84. The summed E-state index contributed by atoms with van der Waals surface area (Å²) in [7, 11) is 0. The smallest absolute Gasteiger partial charge is 0.322 e. The molecule has 5 heteroatoms. The Labute approximate surface area is 136 Å². The third-order valence-electron chi connectivity index (χ3n) is 2.44. The monoisotopic (exact) mass is 312 g/mol. The lowest BCUT2D eigenvalue weighted by Crippen LogP contribution is -2.33. The molecule has 1 rings (SSSR count). The van der Waals surface area contributed by atoms with Gasteiger partial charge in [0.15, 0.2) is 0 Å². The van der Waals surface area contributed by atoms with Crippen LogP contribution in [0.15, 0.2) is 72.9 Å². The minimum absolute atomic E-state index is 0.505. The van der Waals surface area contributed by atoms with Gasteiger partial charge in [0.2, 0.25) is 0 Å². The lowest BCUT2D eigenvalue weighted by molar-refractivity contribution is -0.139. The van der Waals surface area contributed by atoms with Gasteiger partial charge in [0.25, 0.3) is 0 Å². The van der Waals surface area contributed by atoms with E-state index in [0.717, 1.165) is 11.1 Å². The molecule has 0 aromatic heterocycles. The second-order valence-electron chi connectivity index (χ2n) is 4.24. The number of benzene rings is 1. The first-order chi connectivity index (χ1) is 11.0. The van der Waals surface area contributed by atoms with E-state index in [9.17, 15) is 4.79 Å². The second kappa shape index (κ2) is 12.8. The van der Waals surface area contributed by atoms with Gasteiger partial charge in [-0.15, -0.1) is 0 Å². The molecule has 0 unspecified atom stereocenters. The Bertz CT molecular complexity index is 611. The fraction of sp³-hybridized carbons (Fsp3) is 0.111. The van der Waals surface area contributed by atoms with Crippen LogP contribution in [0.5, 0.6) is 0 Å². The molecule has 23 heavy (non-hydrogen) atoms. The number of aliphatic hydroxyl groups excluding tert-OH is 1. The Morgan fingerprint density at radius 1 is 1.35 bits per heavy atom. The van der Waals surface area contributed by atoms with Crippen LogP contribution >= 0.6 is 0 Å². The van der Waals surface area contributed by atoms with Crippen LogP contribution in [-0.4, -0.2) is 28.8 Å². The second-order valence-corrected chi connectivity index (χ2v) is 4.24. The van der Waals surface area contributed by atoms with Crippen molar-refractivity contribution in [2.75, 3.05) is 6.61 Å². The highest BCUT2D eigenvalue weighted by atomic mass is 16.4. The lowest BCUT2D eigenvalue weighted by Gasteiger charge is -1.96. The van der Waals surface area contributed by atoms with E-state index in [4.69, 9.17) is 21.2 Å². The van der Waals surface area contributed by atoms with Crippen molar-refractivity contribution >= 4 is 12.0 Å². The molecule has 0 saturated carbocycles. The molecule has 0 radical (unpaired) electrons. The normalized spacial score (nSPS) is 12.3. The molecule has 4 N–H and O–H groups in total. The maximum atomic E-state index is 9.65. The molecule has 1 aromatic rings. The quantitative estimate of drug-likeness (QED) is 0.552. The van der Waals surface area contributed by atoms with E-state index in [1.807, 2.05) is 54.6 Å². The van der Waals surface area contributed by atoms with E-state index in [1.54, 1.807) is 12.2 Å². The first kappa shape index (κ1) is 20.1. The number of aliphatic hydroxyl groups is 1. The number of nitrogens with zero attached hydrogens (tertiary/aromatic N) is 1. The molecule has 1 atom stereocenters. The molecule has 0 aliphatic rings. The molecule has 5 nitrogen and oxygen atoms in total. The highest BCUT2D eigenvalue weighted by Gasteiger charge is 2.07. The Morgan fingerprint density at radius 3 is 2.43 bits per heavy atom. The molecule has 0 bridgehead atoms. The molecule has 0 fully saturated rings. The van der Waals surface area contributed by atoms with Crippen molar-refractivity contribution < 1.29 is 15.0 Å². The topological polar surface area (TPSA) is 107 Å². The van der Waals surface area contributed by atoms with Gasteiger partial charge in [-0.3, -0.25) is 4.79 Å². The van der Waals surface area contributed by atoms with Gasteiger partial charge in [-0.2, -0.15) is 5.26 Å². The summed E-state index contributed by atoms with van der Waals surface area (Å²) in [4.78, 5) is 9.65. The van der Waals surface area contributed by atoms with Gasteiger partial charge in [-0.05, 0) is 17.2 Å². The molecule has 120 valence electrons. The number of carbonyl (C=O) groups is 1. The Balaban J connectivity index is 0.000000585. The summed E-state index contributed by atoms with van der Waals surface area (Å²) in [6.45, 7) is 3.13. The van der Waals surface area contributed by atoms with Crippen molar-refractivity contribution in [2.45, 2.75) is 6.04 Å². The van der Waals surface area contributed by atoms with Crippen molar-refractivity contribution in [1.29, 1.82) is 5.26 Å². The van der Waals surface area contributed by atoms with E-state index >= 15 is 0 Å². The predicted octanol–water partition coefficient (Wildman–Crippen LogP) is 2.28. The van der Waals surface area contributed by atoms with E-state index in [0.29, 0.717) is 0 Å². The fourth-order valence-corrected chi connectivity index (χ4v) is 1.27. The maximum absolute atomic E-state index is 9.65. The van der Waals surface area contributed by atoms with Crippen LogP contribution in [0.3, 0.4) is 0 Å². The zero-order valence-electron chi connectivity index (χ0n) is 12.7.